The van der Waals surface area contributed by atoms with Crippen molar-refractivity contribution < 1.29 is 9.53 Å². The number of para-hydroxylation sites is 1. The predicted molar refractivity (Wildman–Crippen MR) is 55.3 cm³/mol. The Morgan fingerprint density at radius 1 is 1.53 bits per heavy atom. The van der Waals surface area contributed by atoms with E-state index in [2.05, 4.69) is 5.32 Å². The summed E-state index contributed by atoms with van der Waals surface area (Å²) in [5.74, 6) is 0.438. The average Bonchev–Trinajstić information content (AvgIpc) is 2.29. The fraction of sp³-hybridized carbons (Fsp3) is 0.273. The molecule has 0 atom stereocenters. The average molecular weight is 204 g/mol. The van der Waals surface area contributed by atoms with Crippen molar-refractivity contribution in [2.45, 2.75) is 6.42 Å². The van der Waals surface area contributed by atoms with Gasteiger partial charge in [-0.25, -0.2) is 0 Å². The van der Waals surface area contributed by atoms with Crippen LogP contribution in [0.25, 0.3) is 0 Å². The second kappa shape index (κ2) is 5.66. The van der Waals surface area contributed by atoms with E-state index in [9.17, 15) is 4.79 Å². The summed E-state index contributed by atoms with van der Waals surface area (Å²) in [5, 5.41) is 11.3. The second-order valence-corrected chi connectivity index (χ2v) is 2.88. The molecule has 0 aliphatic heterocycles. The van der Waals surface area contributed by atoms with E-state index >= 15 is 0 Å². The van der Waals surface area contributed by atoms with Crippen molar-refractivity contribution in [2.75, 3.05) is 13.7 Å². The largest absolute Gasteiger partial charge is 0.492 e. The summed E-state index contributed by atoms with van der Waals surface area (Å²) >= 11 is 0. The molecular weight excluding hydrogens is 192 g/mol. The van der Waals surface area contributed by atoms with Crippen LogP contribution < -0.4 is 10.1 Å². The zero-order valence-electron chi connectivity index (χ0n) is 8.49. The SMILES string of the molecule is CNC(=O)CCOc1ccccc1C#N. The first kappa shape index (κ1) is 11.1. The number of nitriles is 1. The third-order valence-electron chi connectivity index (χ3n) is 1.87. The normalized spacial score (nSPS) is 9.07. The van der Waals surface area contributed by atoms with E-state index in [1.807, 2.05) is 6.07 Å². The van der Waals surface area contributed by atoms with Gasteiger partial charge in [-0.2, -0.15) is 5.26 Å². The lowest BCUT2D eigenvalue weighted by Crippen LogP contribution is -2.20. The van der Waals surface area contributed by atoms with Crippen molar-refractivity contribution in [3.05, 3.63) is 29.8 Å². The van der Waals surface area contributed by atoms with Gasteiger partial charge < -0.3 is 10.1 Å². The lowest BCUT2D eigenvalue weighted by Gasteiger charge is -2.06. The number of carbonyl (C=O) groups is 1. The van der Waals surface area contributed by atoms with Gasteiger partial charge in [-0.05, 0) is 12.1 Å². The van der Waals surface area contributed by atoms with Gasteiger partial charge in [0.15, 0.2) is 0 Å². The highest BCUT2D eigenvalue weighted by Crippen LogP contribution is 2.16. The van der Waals surface area contributed by atoms with Crippen LogP contribution in [0.1, 0.15) is 12.0 Å². The van der Waals surface area contributed by atoms with Gasteiger partial charge in [0, 0.05) is 7.05 Å². The summed E-state index contributed by atoms with van der Waals surface area (Å²) in [4.78, 5) is 10.9. The molecule has 4 heteroatoms. The molecule has 1 amide bonds. The molecule has 1 N–H and O–H groups in total. The topological polar surface area (TPSA) is 62.1 Å². The van der Waals surface area contributed by atoms with Crippen molar-refractivity contribution in [1.82, 2.24) is 5.32 Å². The molecule has 0 unspecified atom stereocenters. The Kier molecular flexibility index (Phi) is 4.17. The van der Waals surface area contributed by atoms with E-state index in [0.29, 0.717) is 11.3 Å². The molecule has 0 aromatic heterocycles. The van der Waals surface area contributed by atoms with Gasteiger partial charge in [-0.1, -0.05) is 12.1 Å². The highest BCUT2D eigenvalue weighted by Gasteiger charge is 2.02. The fourth-order valence-corrected chi connectivity index (χ4v) is 1.06. The molecule has 15 heavy (non-hydrogen) atoms. The number of nitrogens with one attached hydrogen (secondary N) is 1. The Labute approximate surface area is 88.5 Å². The van der Waals surface area contributed by atoms with Crippen LogP contribution in [0, 0.1) is 11.3 Å². The number of hydrogen-bond acceptors (Lipinski definition) is 3. The molecule has 0 heterocycles. The molecule has 1 aromatic rings. The molecule has 1 aromatic carbocycles. The minimum absolute atomic E-state index is 0.0792. The maximum Gasteiger partial charge on any atom is 0.223 e. The number of rotatable bonds is 4. The fourth-order valence-electron chi connectivity index (χ4n) is 1.06. The monoisotopic (exact) mass is 204 g/mol. The minimum atomic E-state index is -0.0792. The summed E-state index contributed by atoms with van der Waals surface area (Å²) in [5.41, 5.74) is 0.481. The Bertz CT molecular complexity index is 382. The van der Waals surface area contributed by atoms with Crippen molar-refractivity contribution >= 4 is 5.91 Å². The number of carbonyl (C=O) groups excluding carboxylic acids is 1. The van der Waals surface area contributed by atoms with Crippen LogP contribution in [0.3, 0.4) is 0 Å². The van der Waals surface area contributed by atoms with E-state index in [-0.39, 0.29) is 18.9 Å². The molecule has 0 radical (unpaired) electrons. The van der Waals surface area contributed by atoms with Crippen LogP contribution in [-0.4, -0.2) is 19.6 Å². The lowest BCUT2D eigenvalue weighted by atomic mass is 10.2. The van der Waals surface area contributed by atoms with Gasteiger partial charge in [-0.15, -0.1) is 0 Å². The molecule has 0 aliphatic rings. The van der Waals surface area contributed by atoms with E-state index in [4.69, 9.17) is 10.00 Å². The molecular formula is C11H12N2O2. The molecule has 78 valence electrons. The van der Waals surface area contributed by atoms with E-state index < -0.39 is 0 Å². The quantitative estimate of drug-likeness (QED) is 0.798. The standard InChI is InChI=1S/C11H12N2O2/c1-13-11(14)6-7-15-10-5-3-2-4-9(10)8-12/h2-5H,6-7H2,1H3,(H,13,14). The third-order valence-corrected chi connectivity index (χ3v) is 1.87. The maximum atomic E-state index is 10.9. The van der Waals surface area contributed by atoms with Crippen LogP contribution in [0.4, 0.5) is 0 Å². The second-order valence-electron chi connectivity index (χ2n) is 2.88. The Hall–Kier alpha value is -2.02. The van der Waals surface area contributed by atoms with Gasteiger partial charge in [0.05, 0.1) is 18.6 Å². The third kappa shape index (κ3) is 3.31. The number of ether oxygens (including phenoxy) is 1. The summed E-state index contributed by atoms with van der Waals surface area (Å²) < 4.78 is 5.32. The first-order valence-corrected chi connectivity index (χ1v) is 4.60. The van der Waals surface area contributed by atoms with Gasteiger partial charge >= 0.3 is 0 Å². The van der Waals surface area contributed by atoms with Crippen molar-refractivity contribution in [2.24, 2.45) is 0 Å². The summed E-state index contributed by atoms with van der Waals surface area (Å²) in [6.07, 6.45) is 0.288. The Morgan fingerprint density at radius 2 is 2.27 bits per heavy atom. The molecule has 0 bridgehead atoms. The molecule has 0 aliphatic carbocycles. The zero-order valence-corrected chi connectivity index (χ0v) is 8.49. The summed E-state index contributed by atoms with van der Waals surface area (Å²) in [6.45, 7) is 0.276. The highest BCUT2D eigenvalue weighted by molar-refractivity contribution is 5.75. The predicted octanol–water partition coefficient (Wildman–Crippen LogP) is 1.07. The first-order chi connectivity index (χ1) is 7.27. The zero-order chi connectivity index (χ0) is 11.1. The van der Waals surface area contributed by atoms with Crippen molar-refractivity contribution in [1.29, 1.82) is 5.26 Å². The van der Waals surface area contributed by atoms with Crippen molar-refractivity contribution in [3.63, 3.8) is 0 Å². The molecule has 0 fully saturated rings. The highest BCUT2D eigenvalue weighted by atomic mass is 16.5. The molecule has 1 rings (SSSR count). The van der Waals surface area contributed by atoms with Gasteiger partial charge in [-0.3, -0.25) is 4.79 Å². The number of amides is 1. The van der Waals surface area contributed by atoms with E-state index in [0.717, 1.165) is 0 Å². The van der Waals surface area contributed by atoms with Gasteiger partial charge in [0.2, 0.25) is 5.91 Å². The summed E-state index contributed by atoms with van der Waals surface area (Å²) in [7, 11) is 1.57. The summed E-state index contributed by atoms with van der Waals surface area (Å²) in [6, 6.07) is 8.96. The van der Waals surface area contributed by atoms with E-state index in [1.54, 1.807) is 31.3 Å². The van der Waals surface area contributed by atoms with E-state index in [1.165, 1.54) is 0 Å². The number of nitrogens with zero attached hydrogens (tertiary/aromatic N) is 1. The maximum absolute atomic E-state index is 10.9. The smallest absolute Gasteiger partial charge is 0.223 e. The first-order valence-electron chi connectivity index (χ1n) is 4.60. The van der Waals surface area contributed by atoms with Crippen LogP contribution in [0.5, 0.6) is 5.75 Å². The van der Waals surface area contributed by atoms with Crippen LogP contribution in [0.2, 0.25) is 0 Å². The van der Waals surface area contributed by atoms with Crippen LogP contribution >= 0.6 is 0 Å². The minimum Gasteiger partial charge on any atom is -0.492 e. The Morgan fingerprint density at radius 3 is 2.93 bits per heavy atom. The Balaban J connectivity index is 2.51. The molecule has 0 spiro atoms. The van der Waals surface area contributed by atoms with Crippen LogP contribution in [-0.2, 0) is 4.79 Å². The van der Waals surface area contributed by atoms with Crippen LogP contribution in [0.15, 0.2) is 24.3 Å². The lowest BCUT2D eigenvalue weighted by molar-refractivity contribution is -0.121. The molecule has 4 nitrogen and oxygen atoms in total. The number of benzene rings is 1. The molecule has 0 saturated heterocycles. The van der Waals surface area contributed by atoms with Gasteiger partial charge in [0.1, 0.15) is 11.8 Å². The van der Waals surface area contributed by atoms with Crippen molar-refractivity contribution in [3.8, 4) is 11.8 Å². The number of hydrogen-bond donors (Lipinski definition) is 1. The van der Waals surface area contributed by atoms with Gasteiger partial charge in [0.25, 0.3) is 0 Å². The molecule has 0 saturated carbocycles.